The first-order chi connectivity index (χ1) is 13.2. The molecule has 1 amide bonds. The Morgan fingerprint density at radius 3 is 2.52 bits per heavy atom. The Kier molecular flexibility index (Phi) is 5.16. The van der Waals surface area contributed by atoms with Gasteiger partial charge in [0.25, 0.3) is 0 Å². The molecule has 0 bridgehead atoms. The molecular formula is C23H25N3O. The Balaban J connectivity index is 1.34. The van der Waals surface area contributed by atoms with Crippen LogP contribution in [0.15, 0.2) is 60.8 Å². The number of pyridine rings is 1. The summed E-state index contributed by atoms with van der Waals surface area (Å²) in [6.07, 6.45) is 2.25. The molecule has 1 aromatic heterocycles. The van der Waals surface area contributed by atoms with Crippen LogP contribution < -0.4 is 0 Å². The number of hydrogen-bond acceptors (Lipinski definition) is 3. The van der Waals surface area contributed by atoms with E-state index in [9.17, 15) is 4.79 Å². The zero-order chi connectivity index (χ0) is 18.6. The largest absolute Gasteiger partial charge is 0.340 e. The van der Waals surface area contributed by atoms with E-state index >= 15 is 0 Å². The topological polar surface area (TPSA) is 36.4 Å². The molecule has 1 aliphatic rings. The highest BCUT2D eigenvalue weighted by atomic mass is 16.2. The fraction of sp³-hybridized carbons (Fsp3) is 0.304. The number of nitrogens with zero attached hydrogens (tertiary/aromatic N) is 3. The molecule has 1 fully saturated rings. The normalized spacial score (nSPS) is 15.2. The fourth-order valence-electron chi connectivity index (χ4n) is 3.72. The first-order valence-electron chi connectivity index (χ1n) is 9.57. The Labute approximate surface area is 160 Å². The van der Waals surface area contributed by atoms with Gasteiger partial charge in [-0.15, -0.1) is 0 Å². The zero-order valence-corrected chi connectivity index (χ0v) is 15.8. The molecule has 0 aliphatic carbocycles. The molecule has 3 aromatic rings. The van der Waals surface area contributed by atoms with Gasteiger partial charge in [0.15, 0.2) is 0 Å². The van der Waals surface area contributed by atoms with Crippen molar-refractivity contribution in [2.24, 2.45) is 0 Å². The zero-order valence-electron chi connectivity index (χ0n) is 15.8. The predicted molar refractivity (Wildman–Crippen MR) is 108 cm³/mol. The number of amides is 1. The van der Waals surface area contributed by atoms with Gasteiger partial charge in [-0.3, -0.25) is 14.7 Å². The highest BCUT2D eigenvalue weighted by Gasteiger charge is 2.21. The van der Waals surface area contributed by atoms with Crippen LogP contribution in [0.5, 0.6) is 0 Å². The molecule has 4 heteroatoms. The summed E-state index contributed by atoms with van der Waals surface area (Å²) in [5.74, 6) is 0.200. The molecule has 1 saturated heterocycles. The second-order valence-corrected chi connectivity index (χ2v) is 7.28. The summed E-state index contributed by atoms with van der Waals surface area (Å²) in [4.78, 5) is 21.3. The Bertz CT molecular complexity index is 923. The quantitative estimate of drug-likeness (QED) is 0.716. The van der Waals surface area contributed by atoms with Crippen LogP contribution in [-0.4, -0.2) is 46.9 Å². The molecule has 4 nitrogen and oxygen atoms in total. The van der Waals surface area contributed by atoms with Crippen LogP contribution in [0.4, 0.5) is 0 Å². The van der Waals surface area contributed by atoms with Crippen LogP contribution in [0.3, 0.4) is 0 Å². The van der Waals surface area contributed by atoms with Crippen molar-refractivity contribution >= 4 is 16.7 Å². The van der Waals surface area contributed by atoms with Gasteiger partial charge >= 0.3 is 0 Å². The van der Waals surface area contributed by atoms with Gasteiger partial charge in [-0.05, 0) is 34.9 Å². The van der Waals surface area contributed by atoms with E-state index < -0.39 is 0 Å². The molecular weight excluding hydrogens is 334 g/mol. The van der Waals surface area contributed by atoms with Gasteiger partial charge < -0.3 is 4.90 Å². The third-order valence-corrected chi connectivity index (χ3v) is 5.33. The van der Waals surface area contributed by atoms with Crippen molar-refractivity contribution in [2.45, 2.75) is 19.9 Å². The second kappa shape index (κ2) is 7.89. The van der Waals surface area contributed by atoms with Gasteiger partial charge in [0.05, 0.1) is 6.42 Å². The lowest BCUT2D eigenvalue weighted by molar-refractivity contribution is -0.132. The molecule has 0 saturated carbocycles. The van der Waals surface area contributed by atoms with E-state index in [0.29, 0.717) is 6.42 Å². The van der Waals surface area contributed by atoms with Crippen LogP contribution in [0.1, 0.15) is 16.8 Å². The molecule has 27 heavy (non-hydrogen) atoms. The summed E-state index contributed by atoms with van der Waals surface area (Å²) in [7, 11) is 0. The average Bonchev–Trinajstić information content (AvgIpc) is 2.70. The van der Waals surface area contributed by atoms with Crippen molar-refractivity contribution in [1.29, 1.82) is 0 Å². The molecule has 0 unspecified atom stereocenters. The second-order valence-electron chi connectivity index (χ2n) is 7.28. The maximum atomic E-state index is 12.6. The van der Waals surface area contributed by atoms with Gasteiger partial charge in [-0.1, -0.05) is 48.5 Å². The number of carbonyl (C=O) groups is 1. The SMILES string of the molecule is Cc1ccc(CC(=O)N2CCN(Cc3cccc4ccccc34)CC2)cn1. The van der Waals surface area contributed by atoms with Gasteiger partial charge in [-0.25, -0.2) is 0 Å². The molecule has 0 atom stereocenters. The predicted octanol–water partition coefficient (Wildman–Crippen LogP) is 3.43. The van der Waals surface area contributed by atoms with Gasteiger partial charge in [0.1, 0.15) is 0 Å². The maximum Gasteiger partial charge on any atom is 0.227 e. The van der Waals surface area contributed by atoms with E-state index in [1.54, 1.807) is 0 Å². The van der Waals surface area contributed by atoms with Crippen molar-refractivity contribution < 1.29 is 4.79 Å². The minimum atomic E-state index is 0.200. The standard InChI is InChI=1S/C23H25N3O/c1-18-9-10-19(16-24-18)15-23(27)26-13-11-25(12-14-26)17-21-7-4-6-20-5-2-3-8-22(20)21/h2-10,16H,11-15,17H2,1H3. The first-order valence-corrected chi connectivity index (χ1v) is 9.57. The minimum absolute atomic E-state index is 0.200. The van der Waals surface area contributed by atoms with Crippen molar-refractivity contribution in [3.8, 4) is 0 Å². The summed E-state index contributed by atoms with van der Waals surface area (Å²) in [6, 6.07) is 19.0. The van der Waals surface area contributed by atoms with Crippen molar-refractivity contribution in [2.75, 3.05) is 26.2 Å². The van der Waals surface area contributed by atoms with E-state index in [1.807, 2.05) is 30.2 Å². The van der Waals surface area contributed by atoms with E-state index in [4.69, 9.17) is 0 Å². The molecule has 0 spiro atoms. The first kappa shape index (κ1) is 17.7. The monoisotopic (exact) mass is 359 g/mol. The number of benzene rings is 2. The van der Waals surface area contributed by atoms with Crippen molar-refractivity contribution in [3.05, 3.63) is 77.6 Å². The Hall–Kier alpha value is -2.72. The number of fused-ring (bicyclic) bond motifs is 1. The summed E-state index contributed by atoms with van der Waals surface area (Å²) in [5, 5.41) is 2.61. The number of rotatable bonds is 4. The molecule has 0 N–H and O–H groups in total. The van der Waals surface area contributed by atoms with Crippen LogP contribution in [0, 0.1) is 6.92 Å². The smallest absolute Gasteiger partial charge is 0.227 e. The number of aromatic nitrogens is 1. The number of hydrogen-bond donors (Lipinski definition) is 0. The summed E-state index contributed by atoms with van der Waals surface area (Å²) in [5.41, 5.74) is 3.33. The number of carbonyl (C=O) groups excluding carboxylic acids is 1. The number of aryl methyl sites for hydroxylation is 1. The molecule has 1 aliphatic heterocycles. The molecule has 4 rings (SSSR count). The van der Waals surface area contributed by atoms with Crippen molar-refractivity contribution in [3.63, 3.8) is 0 Å². The fourth-order valence-corrected chi connectivity index (χ4v) is 3.72. The lowest BCUT2D eigenvalue weighted by Gasteiger charge is -2.35. The molecule has 138 valence electrons. The van der Waals surface area contributed by atoms with Crippen molar-refractivity contribution in [1.82, 2.24) is 14.8 Å². The summed E-state index contributed by atoms with van der Waals surface area (Å²) >= 11 is 0. The van der Waals surface area contributed by atoms with Gasteiger partial charge in [0, 0.05) is 44.6 Å². The molecule has 0 radical (unpaired) electrons. The highest BCUT2D eigenvalue weighted by molar-refractivity contribution is 5.85. The van der Waals surface area contributed by atoms with E-state index in [0.717, 1.165) is 44.0 Å². The third kappa shape index (κ3) is 4.17. The molecule has 2 heterocycles. The molecule has 2 aromatic carbocycles. The van der Waals surface area contributed by atoms with Gasteiger partial charge in [0.2, 0.25) is 5.91 Å². The number of piperazine rings is 1. The Morgan fingerprint density at radius 2 is 1.74 bits per heavy atom. The third-order valence-electron chi connectivity index (χ3n) is 5.33. The van der Waals surface area contributed by atoms with Crippen LogP contribution in [-0.2, 0) is 17.8 Å². The average molecular weight is 359 g/mol. The van der Waals surface area contributed by atoms with E-state index in [-0.39, 0.29) is 5.91 Å². The van der Waals surface area contributed by atoms with Crippen LogP contribution in [0.2, 0.25) is 0 Å². The lowest BCUT2D eigenvalue weighted by Crippen LogP contribution is -2.48. The van der Waals surface area contributed by atoms with Crippen LogP contribution >= 0.6 is 0 Å². The van der Waals surface area contributed by atoms with Crippen LogP contribution in [0.25, 0.3) is 10.8 Å². The summed E-state index contributed by atoms with van der Waals surface area (Å²) in [6.45, 7) is 6.32. The van der Waals surface area contributed by atoms with E-state index in [1.165, 1.54) is 16.3 Å². The highest BCUT2D eigenvalue weighted by Crippen LogP contribution is 2.20. The summed E-state index contributed by atoms with van der Waals surface area (Å²) < 4.78 is 0. The Morgan fingerprint density at radius 1 is 0.963 bits per heavy atom. The maximum absolute atomic E-state index is 12.6. The van der Waals surface area contributed by atoms with E-state index in [2.05, 4.69) is 52.3 Å². The lowest BCUT2D eigenvalue weighted by atomic mass is 10.0. The van der Waals surface area contributed by atoms with Gasteiger partial charge in [-0.2, -0.15) is 0 Å². The minimum Gasteiger partial charge on any atom is -0.340 e.